The minimum atomic E-state index is -0.868. The Morgan fingerprint density at radius 3 is 2.59 bits per heavy atom. The molecule has 1 N–H and O–H groups in total. The number of likely N-dealkylation sites (N-methyl/N-ethyl adjacent to an activating group) is 1. The van der Waals surface area contributed by atoms with Gasteiger partial charge in [0.05, 0.1) is 17.0 Å². The zero-order valence-corrected chi connectivity index (χ0v) is 13.3. The van der Waals surface area contributed by atoms with Crippen LogP contribution >= 0.6 is 11.6 Å². The molecule has 0 spiro atoms. The highest BCUT2D eigenvalue weighted by atomic mass is 35.5. The number of rotatable bonds is 7. The number of para-hydroxylation sites is 1. The number of hydrogen-bond donors (Lipinski definition) is 1. The number of carboxylic acid groups (broad SMARTS) is 1. The van der Waals surface area contributed by atoms with Crippen molar-refractivity contribution in [2.24, 2.45) is 5.41 Å². The molecule has 0 atom stereocenters. The van der Waals surface area contributed by atoms with E-state index in [2.05, 4.69) is 0 Å². The first-order valence-corrected chi connectivity index (χ1v) is 7.67. The van der Waals surface area contributed by atoms with E-state index >= 15 is 0 Å². The molecule has 0 radical (unpaired) electrons. The van der Waals surface area contributed by atoms with Crippen molar-refractivity contribution in [2.45, 2.75) is 25.7 Å². The molecule has 0 aromatic heterocycles. The van der Waals surface area contributed by atoms with Gasteiger partial charge in [-0.2, -0.15) is 0 Å². The van der Waals surface area contributed by atoms with E-state index in [0.717, 1.165) is 6.42 Å². The number of ether oxygens (including phenoxy) is 1. The lowest BCUT2D eigenvalue weighted by atomic mass is 9.66. The number of hydrogen-bond acceptors (Lipinski definition) is 3. The molecule has 22 heavy (non-hydrogen) atoms. The minimum Gasteiger partial charge on any atom is -0.490 e. The summed E-state index contributed by atoms with van der Waals surface area (Å²) in [4.78, 5) is 24.9. The third-order valence-electron chi connectivity index (χ3n) is 4.20. The van der Waals surface area contributed by atoms with Gasteiger partial charge in [-0.05, 0) is 25.0 Å². The van der Waals surface area contributed by atoms with Gasteiger partial charge in [0.25, 0.3) is 0 Å². The van der Waals surface area contributed by atoms with E-state index in [-0.39, 0.29) is 12.3 Å². The Morgan fingerprint density at radius 1 is 1.36 bits per heavy atom. The van der Waals surface area contributed by atoms with E-state index in [1.807, 2.05) is 12.1 Å². The molecule has 1 fully saturated rings. The highest BCUT2D eigenvalue weighted by Crippen LogP contribution is 2.44. The van der Waals surface area contributed by atoms with Crippen molar-refractivity contribution in [1.82, 2.24) is 4.90 Å². The third kappa shape index (κ3) is 3.71. The molecule has 1 amide bonds. The molecule has 1 aliphatic carbocycles. The van der Waals surface area contributed by atoms with Gasteiger partial charge in [-0.25, -0.2) is 0 Å². The van der Waals surface area contributed by atoms with Crippen molar-refractivity contribution in [3.8, 4) is 5.75 Å². The molecule has 120 valence electrons. The molecule has 0 unspecified atom stereocenters. The fourth-order valence-corrected chi connectivity index (χ4v) is 2.66. The molecule has 0 saturated heterocycles. The molecule has 1 saturated carbocycles. The number of carbonyl (C=O) groups is 2. The highest BCUT2D eigenvalue weighted by Gasteiger charge is 2.46. The Morgan fingerprint density at radius 2 is 2.05 bits per heavy atom. The largest absolute Gasteiger partial charge is 0.490 e. The Labute approximate surface area is 134 Å². The monoisotopic (exact) mass is 325 g/mol. The Bertz CT molecular complexity index is 557. The quantitative estimate of drug-likeness (QED) is 0.837. The Kier molecular flexibility index (Phi) is 5.29. The van der Waals surface area contributed by atoms with Crippen LogP contribution in [0.2, 0.25) is 5.02 Å². The molecular weight excluding hydrogens is 306 g/mol. The van der Waals surface area contributed by atoms with E-state index in [0.29, 0.717) is 36.8 Å². The summed E-state index contributed by atoms with van der Waals surface area (Å²) >= 11 is 5.98. The second kappa shape index (κ2) is 7.01. The normalized spacial score (nSPS) is 15.7. The number of nitrogens with zero attached hydrogens (tertiary/aromatic N) is 1. The van der Waals surface area contributed by atoms with Crippen LogP contribution in [0.3, 0.4) is 0 Å². The van der Waals surface area contributed by atoms with Crippen LogP contribution in [0.15, 0.2) is 24.3 Å². The fourth-order valence-electron chi connectivity index (χ4n) is 2.47. The average molecular weight is 326 g/mol. The van der Waals surface area contributed by atoms with Crippen LogP contribution in [0.5, 0.6) is 5.75 Å². The van der Waals surface area contributed by atoms with Gasteiger partial charge in [0.15, 0.2) is 0 Å². The number of benzene rings is 1. The molecule has 1 aromatic carbocycles. The van der Waals surface area contributed by atoms with E-state index in [1.165, 1.54) is 4.90 Å². The lowest BCUT2D eigenvalue weighted by Crippen LogP contribution is -2.43. The van der Waals surface area contributed by atoms with Gasteiger partial charge in [0.1, 0.15) is 12.4 Å². The van der Waals surface area contributed by atoms with Crippen molar-refractivity contribution in [3.05, 3.63) is 29.3 Å². The second-order valence-electron chi connectivity index (χ2n) is 5.71. The lowest BCUT2D eigenvalue weighted by molar-refractivity contribution is -0.159. The average Bonchev–Trinajstić information content (AvgIpc) is 2.44. The topological polar surface area (TPSA) is 66.8 Å². The summed E-state index contributed by atoms with van der Waals surface area (Å²) in [5, 5.41) is 9.78. The van der Waals surface area contributed by atoms with Crippen molar-refractivity contribution in [3.63, 3.8) is 0 Å². The SMILES string of the molecule is CN(CCOc1ccccc1Cl)C(=O)CC1(C(=O)O)CCC1. The van der Waals surface area contributed by atoms with Gasteiger partial charge < -0.3 is 14.7 Å². The van der Waals surface area contributed by atoms with Crippen LogP contribution in [-0.2, 0) is 9.59 Å². The van der Waals surface area contributed by atoms with Crippen molar-refractivity contribution in [1.29, 1.82) is 0 Å². The number of aliphatic carboxylic acids is 1. The summed E-state index contributed by atoms with van der Waals surface area (Å²) < 4.78 is 5.53. The number of amides is 1. The van der Waals surface area contributed by atoms with Gasteiger partial charge in [-0.15, -0.1) is 0 Å². The predicted molar refractivity (Wildman–Crippen MR) is 83.1 cm³/mol. The second-order valence-corrected chi connectivity index (χ2v) is 6.12. The first-order chi connectivity index (χ1) is 10.4. The number of halogens is 1. The van der Waals surface area contributed by atoms with Crippen LogP contribution in [0.1, 0.15) is 25.7 Å². The summed E-state index contributed by atoms with van der Waals surface area (Å²) in [6.45, 7) is 0.700. The maximum Gasteiger partial charge on any atom is 0.310 e. The Hall–Kier alpha value is -1.75. The summed E-state index contributed by atoms with van der Waals surface area (Å²) in [5.41, 5.74) is -0.852. The van der Waals surface area contributed by atoms with Crippen LogP contribution in [-0.4, -0.2) is 42.1 Å². The van der Waals surface area contributed by atoms with Gasteiger partial charge in [0, 0.05) is 13.5 Å². The zero-order chi connectivity index (χ0) is 16.2. The maximum absolute atomic E-state index is 12.1. The summed E-state index contributed by atoms with van der Waals surface area (Å²) in [6, 6.07) is 7.13. The zero-order valence-electron chi connectivity index (χ0n) is 12.5. The Balaban J connectivity index is 1.79. The van der Waals surface area contributed by atoms with Crippen LogP contribution < -0.4 is 4.74 Å². The highest BCUT2D eigenvalue weighted by molar-refractivity contribution is 6.32. The molecule has 2 rings (SSSR count). The minimum absolute atomic E-state index is 0.0604. The van der Waals surface area contributed by atoms with Gasteiger partial charge >= 0.3 is 5.97 Å². The van der Waals surface area contributed by atoms with E-state index in [1.54, 1.807) is 19.2 Å². The molecule has 0 heterocycles. The third-order valence-corrected chi connectivity index (χ3v) is 4.51. The molecular formula is C16H20ClNO4. The van der Waals surface area contributed by atoms with Crippen LogP contribution in [0.4, 0.5) is 0 Å². The molecule has 5 nitrogen and oxygen atoms in total. The van der Waals surface area contributed by atoms with Gasteiger partial charge in [0.2, 0.25) is 5.91 Å². The first-order valence-electron chi connectivity index (χ1n) is 7.29. The molecule has 0 aliphatic heterocycles. The molecule has 0 bridgehead atoms. The molecule has 1 aliphatic rings. The first kappa shape index (κ1) is 16.6. The molecule has 6 heteroatoms. The summed E-state index contributed by atoms with van der Waals surface area (Å²) in [5.74, 6) is -0.455. The smallest absolute Gasteiger partial charge is 0.310 e. The predicted octanol–water partition coefficient (Wildman–Crippen LogP) is 2.82. The van der Waals surface area contributed by atoms with Crippen LogP contribution in [0, 0.1) is 5.41 Å². The summed E-state index contributed by atoms with van der Waals surface area (Å²) in [6.07, 6.45) is 2.10. The van der Waals surface area contributed by atoms with Crippen molar-refractivity contribution < 1.29 is 19.4 Å². The summed E-state index contributed by atoms with van der Waals surface area (Å²) in [7, 11) is 1.66. The van der Waals surface area contributed by atoms with Gasteiger partial charge in [-0.3, -0.25) is 9.59 Å². The van der Waals surface area contributed by atoms with E-state index < -0.39 is 11.4 Å². The number of carboxylic acids is 1. The lowest BCUT2D eigenvalue weighted by Gasteiger charge is -2.37. The number of carbonyl (C=O) groups excluding carboxylic acids is 1. The van der Waals surface area contributed by atoms with Gasteiger partial charge in [-0.1, -0.05) is 30.2 Å². The van der Waals surface area contributed by atoms with E-state index in [4.69, 9.17) is 16.3 Å². The maximum atomic E-state index is 12.1. The standard InChI is InChI=1S/C16H20ClNO4/c1-18(9-10-22-13-6-3-2-5-12(13)17)14(19)11-16(15(20)21)7-4-8-16/h2-3,5-6H,4,7-11H2,1H3,(H,20,21). The van der Waals surface area contributed by atoms with Crippen molar-refractivity contribution >= 4 is 23.5 Å². The molecule has 1 aromatic rings. The van der Waals surface area contributed by atoms with E-state index in [9.17, 15) is 14.7 Å². The van der Waals surface area contributed by atoms with Crippen LogP contribution in [0.25, 0.3) is 0 Å². The van der Waals surface area contributed by atoms with Crippen molar-refractivity contribution in [2.75, 3.05) is 20.2 Å². The fraction of sp³-hybridized carbons (Fsp3) is 0.500.